The first-order valence-corrected chi connectivity index (χ1v) is 19.2. The van der Waals surface area contributed by atoms with Crippen molar-refractivity contribution in [2.45, 2.75) is 157 Å². The maximum Gasteiger partial charge on any atom is 0 e. The van der Waals surface area contributed by atoms with Crippen molar-refractivity contribution in [3.63, 3.8) is 0 Å². The average molecular weight is 963 g/mol. The SMILES string of the molecule is CC(C)(C)c1cc(N=Nc2ccccn2)c([O-])c(C(C)(C)C)c1.CC(C)(C)c1cc([NH-])c([O-])c(C(C)(C)C)c1.CC(C)(C)c1cc([NH-])c([O-])c(C(C)(C)C)c1.[C-]#[O+].[Re]. The molecule has 2 N–H and O–H groups in total. The van der Waals surface area contributed by atoms with Gasteiger partial charge in [-0.1, -0.05) is 178 Å². The molecule has 10 heteroatoms. The van der Waals surface area contributed by atoms with Crippen molar-refractivity contribution in [1.82, 2.24) is 4.98 Å². The van der Waals surface area contributed by atoms with Gasteiger partial charge in [0, 0.05) is 26.6 Å². The standard InChI is InChI=1S/C19H25N3O.2C14H22NO.CO.Re/c1-18(2,3)13-11-14(19(4,5)6)17(23)15(12-13)21-22-16-9-7-8-10-20-16;2*1-13(2,3)9-7-10(14(4,5)6)12(16)11(15)8-9;1-2;/h7-12,23H,1-6H3;2*7-8,15-16H,1-6H3;;/q;2*-1;;/p-3. The van der Waals surface area contributed by atoms with Crippen LogP contribution in [0, 0.1) is 6.65 Å². The number of benzene rings is 3. The third-order valence-corrected chi connectivity index (χ3v) is 9.18. The molecule has 0 aliphatic carbocycles. The van der Waals surface area contributed by atoms with Gasteiger partial charge in [0.25, 0.3) is 0 Å². The van der Waals surface area contributed by atoms with E-state index in [1.54, 1.807) is 24.4 Å². The van der Waals surface area contributed by atoms with E-state index in [1.807, 2.05) is 98.7 Å². The van der Waals surface area contributed by atoms with Gasteiger partial charge in [-0.2, -0.15) is 0 Å². The number of pyridine rings is 1. The first kappa shape index (κ1) is 53.8. The zero-order chi connectivity index (χ0) is 44.7. The van der Waals surface area contributed by atoms with E-state index < -0.39 is 0 Å². The third kappa shape index (κ3) is 15.5. The Morgan fingerprint density at radius 3 is 1.10 bits per heavy atom. The fourth-order valence-corrected chi connectivity index (χ4v) is 5.43. The van der Waals surface area contributed by atoms with Crippen molar-refractivity contribution < 1.29 is 40.4 Å². The molecule has 0 unspecified atom stereocenters. The predicted molar refractivity (Wildman–Crippen MR) is 230 cm³/mol. The van der Waals surface area contributed by atoms with E-state index in [2.05, 4.69) is 84.2 Å². The molecule has 319 valence electrons. The summed E-state index contributed by atoms with van der Waals surface area (Å²) in [6.07, 6.45) is 1.65. The molecule has 0 bridgehead atoms. The van der Waals surface area contributed by atoms with Crippen LogP contribution in [0.25, 0.3) is 11.5 Å². The fraction of sp³-hybridized carbons (Fsp3) is 0.500. The molecule has 58 heavy (non-hydrogen) atoms. The van der Waals surface area contributed by atoms with Crippen molar-refractivity contribution in [2.24, 2.45) is 10.2 Å². The molecule has 0 saturated heterocycles. The molecule has 1 heterocycles. The Balaban J connectivity index is 0.000000835. The second kappa shape index (κ2) is 20.2. The van der Waals surface area contributed by atoms with Crippen LogP contribution in [0.3, 0.4) is 0 Å². The predicted octanol–water partition coefficient (Wildman–Crippen LogP) is 13.2. The maximum absolute atomic E-state index is 12.7. The van der Waals surface area contributed by atoms with E-state index in [0.717, 1.165) is 33.4 Å². The molecule has 3 aromatic carbocycles. The first-order valence-electron chi connectivity index (χ1n) is 19.2. The molecule has 4 rings (SSSR count). The van der Waals surface area contributed by atoms with Crippen molar-refractivity contribution in [2.75, 3.05) is 0 Å². The van der Waals surface area contributed by atoms with E-state index in [9.17, 15) is 15.3 Å². The summed E-state index contributed by atoms with van der Waals surface area (Å²) in [6.45, 7) is 41.6. The summed E-state index contributed by atoms with van der Waals surface area (Å²) in [5.41, 5.74) is 20.8. The summed E-state index contributed by atoms with van der Waals surface area (Å²) >= 11 is 0. The Hall–Kier alpha value is -4.19. The molecule has 4 aromatic rings. The molecule has 1 radical (unpaired) electrons. The number of hydrogen-bond acceptors (Lipinski definition) is 6. The molecular formula is C48H66N5O4Re-5. The zero-order valence-electron chi connectivity index (χ0n) is 38.1. The quantitative estimate of drug-likeness (QED) is 0.110. The molecule has 0 aliphatic heterocycles. The Morgan fingerprint density at radius 2 is 0.810 bits per heavy atom. The number of aromatic nitrogens is 1. The number of nitrogens with zero attached hydrogens (tertiary/aromatic N) is 3. The molecule has 0 amide bonds. The third-order valence-electron chi connectivity index (χ3n) is 9.18. The van der Waals surface area contributed by atoms with Crippen LogP contribution in [-0.4, -0.2) is 4.98 Å². The number of azo groups is 1. The van der Waals surface area contributed by atoms with Gasteiger partial charge in [0.15, 0.2) is 5.82 Å². The maximum atomic E-state index is 12.7. The van der Waals surface area contributed by atoms with Crippen LogP contribution < -0.4 is 15.3 Å². The molecule has 0 aliphatic rings. The second-order valence-corrected chi connectivity index (χ2v) is 20.6. The largest absolute Gasteiger partial charge is 0 e. The molecule has 0 saturated carbocycles. The Labute approximate surface area is 363 Å². The van der Waals surface area contributed by atoms with Crippen LogP contribution in [0.1, 0.15) is 158 Å². The summed E-state index contributed by atoms with van der Waals surface area (Å²) in [4.78, 5) is 4.10. The summed E-state index contributed by atoms with van der Waals surface area (Å²) in [6, 6.07) is 16.6. The minimum absolute atomic E-state index is 0. The molecule has 0 fully saturated rings. The minimum Gasteiger partial charge on any atom is 0 e. The first-order chi connectivity index (χ1) is 25.7. The van der Waals surface area contributed by atoms with Gasteiger partial charge in [-0.25, -0.2) is 4.98 Å². The normalized spacial score (nSPS) is 12.2. The van der Waals surface area contributed by atoms with Gasteiger partial charge in [0.2, 0.25) is 0 Å². The Bertz CT molecular complexity index is 1920. The van der Waals surface area contributed by atoms with Gasteiger partial charge < -0.3 is 26.8 Å². The average Bonchev–Trinajstić information content (AvgIpc) is 3.05. The van der Waals surface area contributed by atoms with Gasteiger partial charge in [-0.05, 0) is 72.9 Å². The summed E-state index contributed by atoms with van der Waals surface area (Å²) in [5, 5.41) is 44.8. The fourth-order valence-electron chi connectivity index (χ4n) is 5.43. The van der Waals surface area contributed by atoms with Crippen LogP contribution in [0.2, 0.25) is 0 Å². The molecule has 1 aromatic heterocycles. The van der Waals surface area contributed by atoms with Crippen LogP contribution >= 0.6 is 0 Å². The van der Waals surface area contributed by atoms with Crippen molar-refractivity contribution >= 4 is 22.9 Å². The van der Waals surface area contributed by atoms with Gasteiger partial charge in [-0.3, -0.25) is 0 Å². The molecular weight excluding hydrogens is 897 g/mol. The van der Waals surface area contributed by atoms with Crippen molar-refractivity contribution in [3.05, 3.63) is 112 Å². The summed E-state index contributed by atoms with van der Waals surface area (Å²) in [7, 11) is 0. The number of rotatable bonds is 2. The molecule has 0 atom stereocenters. The number of nitrogens with one attached hydrogen (secondary N) is 2. The monoisotopic (exact) mass is 963 g/mol. The topological polar surface area (TPSA) is 174 Å². The van der Waals surface area contributed by atoms with E-state index in [4.69, 9.17) is 16.1 Å². The van der Waals surface area contributed by atoms with E-state index in [0.29, 0.717) is 11.5 Å². The van der Waals surface area contributed by atoms with Gasteiger partial charge in [0.1, 0.15) is 0 Å². The van der Waals surface area contributed by atoms with Crippen LogP contribution in [-0.2, 0) is 57.6 Å². The Kier molecular flexibility index (Phi) is 18.7. The molecule has 0 spiro atoms. The van der Waals surface area contributed by atoms with Crippen molar-refractivity contribution in [1.29, 1.82) is 0 Å². The van der Waals surface area contributed by atoms with Gasteiger partial charge in [-0.15, -0.1) is 33.1 Å². The van der Waals surface area contributed by atoms with Crippen LogP contribution in [0.5, 0.6) is 17.2 Å². The second-order valence-electron chi connectivity index (χ2n) is 20.6. The number of hydrogen-bond donors (Lipinski definition) is 0. The van der Waals surface area contributed by atoms with E-state index >= 15 is 0 Å². The van der Waals surface area contributed by atoms with E-state index in [-0.39, 0.29) is 81.5 Å². The smallest absolute Gasteiger partial charge is 0 e. The van der Waals surface area contributed by atoms with E-state index in [1.165, 1.54) is 0 Å². The molecule has 9 nitrogen and oxygen atoms in total. The Morgan fingerprint density at radius 1 is 0.483 bits per heavy atom. The van der Waals surface area contributed by atoms with Crippen LogP contribution in [0.4, 0.5) is 22.9 Å². The zero-order valence-corrected chi connectivity index (χ0v) is 40.8. The summed E-state index contributed by atoms with van der Waals surface area (Å²) < 4.78 is 7.50. The minimum atomic E-state index is -0.242. The van der Waals surface area contributed by atoms with Crippen molar-refractivity contribution in [3.8, 4) is 17.2 Å². The summed E-state index contributed by atoms with van der Waals surface area (Å²) in [5.74, 6) is 0.150. The van der Waals surface area contributed by atoms with Gasteiger partial charge >= 0.3 is 11.3 Å². The van der Waals surface area contributed by atoms with Crippen LogP contribution in [0.15, 0.2) is 71.0 Å². The van der Waals surface area contributed by atoms with Gasteiger partial charge in [0.05, 0.1) is 5.69 Å².